The van der Waals surface area contributed by atoms with Crippen LogP contribution >= 0.6 is 0 Å². The Morgan fingerprint density at radius 3 is 2.37 bits per heavy atom. The Hall–Kier alpha value is -4.15. The molecule has 0 aliphatic carbocycles. The minimum atomic E-state index is -0.749. The summed E-state index contributed by atoms with van der Waals surface area (Å²) in [6.45, 7) is 5.54. The van der Waals surface area contributed by atoms with Gasteiger partial charge in [-0.2, -0.15) is 0 Å². The van der Waals surface area contributed by atoms with Crippen LogP contribution < -0.4 is 5.32 Å². The smallest absolute Gasteiger partial charge is 0.346 e. The predicted molar refractivity (Wildman–Crippen MR) is 150 cm³/mol. The fraction of sp³-hybridized carbons (Fsp3) is 0.281. The molecule has 1 fully saturated rings. The van der Waals surface area contributed by atoms with Crippen molar-refractivity contribution >= 4 is 17.8 Å². The third-order valence-corrected chi connectivity index (χ3v) is 7.18. The van der Waals surface area contributed by atoms with Gasteiger partial charge in [-0.15, -0.1) is 6.58 Å². The number of nitrogens with one attached hydrogen (secondary N) is 1. The van der Waals surface area contributed by atoms with Crippen molar-refractivity contribution in [2.75, 3.05) is 20.1 Å². The number of fused-ring (bicyclic) bond motifs is 1. The lowest BCUT2D eigenvalue weighted by atomic mass is 9.99. The maximum Gasteiger partial charge on any atom is 0.346 e. The van der Waals surface area contributed by atoms with Crippen molar-refractivity contribution in [2.45, 2.75) is 38.1 Å². The fourth-order valence-corrected chi connectivity index (χ4v) is 4.98. The molecule has 2 aliphatic rings. The average molecular weight is 557 g/mol. The monoisotopic (exact) mass is 556 g/mol. The Morgan fingerprint density at radius 2 is 1.66 bits per heavy atom. The van der Waals surface area contributed by atoms with Crippen LogP contribution in [0, 0.1) is 0 Å². The van der Waals surface area contributed by atoms with Gasteiger partial charge in [0, 0.05) is 37.2 Å². The average Bonchev–Trinajstić information content (AvgIpc) is 3.28. The summed E-state index contributed by atoms with van der Waals surface area (Å²) in [7, 11) is 2.03. The number of likely N-dealkylation sites (N-methyl/N-ethyl adjacent to an activating group) is 1. The highest BCUT2D eigenvalue weighted by Crippen LogP contribution is 2.38. The third-order valence-electron chi connectivity index (χ3n) is 7.18. The van der Waals surface area contributed by atoms with E-state index in [-0.39, 0.29) is 48.0 Å². The molecule has 2 aliphatic heterocycles. The molecule has 41 heavy (non-hydrogen) atoms. The standard InChI is InChI=1S/C32H32N2O7/c1-3-14-34(2)18-25-16-28(22-8-6-21(19-35)7-9-22)40-32(39-25)23-10-4-20(5-11-23)17-33-29(36)24-12-13-26-27(15-24)31(38)41-30(26)37/h3-13,15,25,28,32,35H,1,14,16-19H2,2H3,(H,33,36)/t25-,28+,32?/m0/s1. The quantitative estimate of drug-likeness (QED) is 0.218. The summed E-state index contributed by atoms with van der Waals surface area (Å²) >= 11 is 0. The van der Waals surface area contributed by atoms with Gasteiger partial charge < -0.3 is 29.5 Å². The summed E-state index contributed by atoms with van der Waals surface area (Å²) in [5.41, 5.74) is 4.11. The van der Waals surface area contributed by atoms with Crippen molar-refractivity contribution in [3.63, 3.8) is 0 Å². The van der Waals surface area contributed by atoms with Crippen LogP contribution in [0.4, 0.5) is 0 Å². The number of ether oxygens (including phenoxy) is 3. The summed E-state index contributed by atoms with van der Waals surface area (Å²) in [4.78, 5) is 38.3. The number of carbonyl (C=O) groups is 3. The minimum absolute atomic E-state index is 0.0116. The van der Waals surface area contributed by atoms with Crippen molar-refractivity contribution in [3.05, 3.63) is 118 Å². The Labute approximate surface area is 238 Å². The Bertz CT molecular complexity index is 1440. The molecule has 2 heterocycles. The first kappa shape index (κ1) is 28.4. The highest BCUT2D eigenvalue weighted by molar-refractivity contribution is 6.15. The molecule has 9 heteroatoms. The minimum Gasteiger partial charge on any atom is -0.392 e. The molecule has 1 unspecified atom stereocenters. The molecule has 0 radical (unpaired) electrons. The molecule has 1 saturated heterocycles. The predicted octanol–water partition coefficient (Wildman–Crippen LogP) is 4.08. The molecule has 3 atom stereocenters. The van der Waals surface area contributed by atoms with Gasteiger partial charge in [-0.1, -0.05) is 54.6 Å². The Balaban J connectivity index is 1.25. The number of benzene rings is 3. The van der Waals surface area contributed by atoms with Crippen molar-refractivity contribution in [1.82, 2.24) is 10.2 Å². The second-order valence-electron chi connectivity index (χ2n) is 10.2. The largest absolute Gasteiger partial charge is 0.392 e. The van der Waals surface area contributed by atoms with Crippen LogP contribution in [0.15, 0.2) is 79.4 Å². The van der Waals surface area contributed by atoms with Crippen LogP contribution in [-0.2, 0) is 27.4 Å². The zero-order chi connectivity index (χ0) is 28.9. The zero-order valence-electron chi connectivity index (χ0n) is 22.7. The summed E-state index contributed by atoms with van der Waals surface area (Å²) in [6, 6.07) is 19.7. The van der Waals surface area contributed by atoms with Crippen molar-refractivity contribution in [1.29, 1.82) is 0 Å². The highest BCUT2D eigenvalue weighted by atomic mass is 16.7. The van der Waals surface area contributed by atoms with Crippen LogP contribution in [0.3, 0.4) is 0 Å². The van der Waals surface area contributed by atoms with Crippen LogP contribution in [0.2, 0.25) is 0 Å². The number of rotatable bonds is 10. The molecular weight excluding hydrogens is 524 g/mol. The normalized spacial score (nSPS) is 20.0. The van der Waals surface area contributed by atoms with E-state index in [1.807, 2.05) is 61.7 Å². The lowest BCUT2D eigenvalue weighted by Crippen LogP contribution is -2.37. The van der Waals surface area contributed by atoms with Gasteiger partial charge in [-0.05, 0) is 41.9 Å². The van der Waals surface area contributed by atoms with Crippen molar-refractivity contribution in [3.8, 4) is 0 Å². The number of cyclic esters (lactones) is 2. The number of hydrogen-bond donors (Lipinski definition) is 2. The molecule has 1 amide bonds. The third kappa shape index (κ3) is 6.61. The molecule has 3 aromatic rings. The van der Waals surface area contributed by atoms with Crippen LogP contribution in [0.5, 0.6) is 0 Å². The van der Waals surface area contributed by atoms with E-state index in [0.717, 1.165) is 35.3 Å². The number of amides is 1. The molecule has 5 rings (SSSR count). The van der Waals surface area contributed by atoms with E-state index in [4.69, 9.17) is 9.47 Å². The molecule has 9 nitrogen and oxygen atoms in total. The molecule has 0 aromatic heterocycles. The molecule has 2 N–H and O–H groups in total. The van der Waals surface area contributed by atoms with Crippen molar-refractivity contribution < 1.29 is 33.7 Å². The first-order valence-corrected chi connectivity index (χ1v) is 13.4. The Morgan fingerprint density at radius 1 is 0.976 bits per heavy atom. The van der Waals surface area contributed by atoms with E-state index in [0.29, 0.717) is 6.42 Å². The topological polar surface area (TPSA) is 114 Å². The van der Waals surface area contributed by atoms with E-state index >= 15 is 0 Å². The van der Waals surface area contributed by atoms with Gasteiger partial charge in [0.15, 0.2) is 6.29 Å². The van der Waals surface area contributed by atoms with Crippen LogP contribution in [-0.4, -0.2) is 54.1 Å². The van der Waals surface area contributed by atoms with E-state index in [1.54, 1.807) is 0 Å². The van der Waals surface area contributed by atoms with Gasteiger partial charge >= 0.3 is 11.9 Å². The molecule has 0 saturated carbocycles. The van der Waals surface area contributed by atoms with E-state index in [2.05, 4.69) is 21.5 Å². The van der Waals surface area contributed by atoms with E-state index < -0.39 is 18.2 Å². The molecule has 3 aromatic carbocycles. The first-order chi connectivity index (χ1) is 19.8. The number of aliphatic hydroxyl groups excluding tert-OH is 1. The maximum absolute atomic E-state index is 12.7. The van der Waals surface area contributed by atoms with Crippen LogP contribution in [0.1, 0.15) is 72.1 Å². The Kier molecular flexibility index (Phi) is 8.70. The van der Waals surface area contributed by atoms with Gasteiger partial charge in [0.1, 0.15) is 0 Å². The number of nitrogens with zero attached hydrogens (tertiary/aromatic N) is 1. The van der Waals surface area contributed by atoms with Gasteiger partial charge in [-0.3, -0.25) is 4.79 Å². The lowest BCUT2D eigenvalue weighted by Gasteiger charge is -2.37. The zero-order valence-corrected chi connectivity index (χ0v) is 22.7. The number of hydrogen-bond acceptors (Lipinski definition) is 8. The van der Waals surface area contributed by atoms with E-state index in [9.17, 15) is 19.5 Å². The second-order valence-corrected chi connectivity index (χ2v) is 10.2. The summed E-state index contributed by atoms with van der Waals surface area (Å²) < 4.78 is 17.4. The van der Waals surface area contributed by atoms with Gasteiger partial charge in [-0.25, -0.2) is 9.59 Å². The molecule has 212 valence electrons. The number of carbonyl (C=O) groups excluding carboxylic acids is 3. The number of aliphatic hydroxyl groups is 1. The van der Waals surface area contributed by atoms with E-state index in [1.165, 1.54) is 18.2 Å². The summed E-state index contributed by atoms with van der Waals surface area (Å²) in [6.07, 6.45) is 1.72. The van der Waals surface area contributed by atoms with Crippen molar-refractivity contribution in [2.24, 2.45) is 0 Å². The van der Waals surface area contributed by atoms with Crippen LogP contribution in [0.25, 0.3) is 0 Å². The lowest BCUT2D eigenvalue weighted by molar-refractivity contribution is -0.252. The second kappa shape index (κ2) is 12.6. The molecule has 0 spiro atoms. The SMILES string of the molecule is C=CCN(C)C[C@@H]1C[C@H](c2ccc(CO)cc2)OC(c2ccc(CNC(=O)c3ccc4c(c3)C(=O)OC4=O)cc2)O1. The molecular formula is C32H32N2O7. The maximum atomic E-state index is 12.7. The van der Waals surface area contributed by atoms with Gasteiger partial charge in [0.25, 0.3) is 5.91 Å². The summed E-state index contributed by atoms with van der Waals surface area (Å²) in [5, 5.41) is 12.2. The highest BCUT2D eigenvalue weighted by Gasteiger charge is 2.33. The summed E-state index contributed by atoms with van der Waals surface area (Å²) in [5.74, 6) is -1.82. The molecule has 0 bridgehead atoms. The number of esters is 2. The van der Waals surface area contributed by atoms with Gasteiger partial charge in [0.2, 0.25) is 0 Å². The fourth-order valence-electron chi connectivity index (χ4n) is 4.98. The van der Waals surface area contributed by atoms with Gasteiger partial charge in [0.05, 0.1) is 29.9 Å². The first-order valence-electron chi connectivity index (χ1n) is 13.4.